The summed E-state index contributed by atoms with van der Waals surface area (Å²) in [6.45, 7) is 1.73. The molecule has 1 aromatic heterocycles. The van der Waals surface area contributed by atoms with Gasteiger partial charge in [-0.3, -0.25) is 9.59 Å². The summed E-state index contributed by atoms with van der Waals surface area (Å²) in [4.78, 5) is 27.3. The third-order valence-corrected chi connectivity index (χ3v) is 4.35. The third-order valence-electron chi connectivity index (χ3n) is 3.36. The van der Waals surface area contributed by atoms with E-state index in [-0.39, 0.29) is 24.8 Å². The second-order valence-corrected chi connectivity index (χ2v) is 6.07. The van der Waals surface area contributed by atoms with Crippen molar-refractivity contribution in [3.05, 3.63) is 41.7 Å². The van der Waals surface area contributed by atoms with Crippen molar-refractivity contribution >= 4 is 29.3 Å². The van der Waals surface area contributed by atoms with E-state index in [1.807, 2.05) is 24.3 Å². The van der Waals surface area contributed by atoms with Gasteiger partial charge in [-0.05, 0) is 24.1 Å². The molecule has 128 valence electrons. The molecular formula is C16H20N4O3S. The Morgan fingerprint density at radius 2 is 2.04 bits per heavy atom. The fourth-order valence-electron chi connectivity index (χ4n) is 2.11. The number of carbonyl (C=O) groups is 2. The second-order valence-electron chi connectivity index (χ2n) is 5.13. The topological polar surface area (TPSA) is 110 Å². The molecular weight excluding hydrogens is 328 g/mol. The molecule has 0 unspecified atom stereocenters. The van der Waals surface area contributed by atoms with E-state index in [2.05, 4.69) is 17.2 Å². The highest BCUT2D eigenvalue weighted by Gasteiger charge is 2.13. The van der Waals surface area contributed by atoms with Crippen LogP contribution in [0.25, 0.3) is 0 Å². The second kappa shape index (κ2) is 8.51. The summed E-state index contributed by atoms with van der Waals surface area (Å²) >= 11 is 1.18. The van der Waals surface area contributed by atoms with Gasteiger partial charge in [0.2, 0.25) is 11.8 Å². The van der Waals surface area contributed by atoms with Crippen molar-refractivity contribution < 1.29 is 14.7 Å². The summed E-state index contributed by atoms with van der Waals surface area (Å²) in [5.74, 6) is -0.579. The van der Waals surface area contributed by atoms with E-state index in [1.54, 1.807) is 0 Å². The van der Waals surface area contributed by atoms with Crippen LogP contribution in [0.5, 0.6) is 0 Å². The van der Waals surface area contributed by atoms with Gasteiger partial charge in [0.25, 0.3) is 0 Å². The predicted molar refractivity (Wildman–Crippen MR) is 92.5 cm³/mol. The minimum atomic E-state index is -0.537. The van der Waals surface area contributed by atoms with Crippen molar-refractivity contribution in [2.24, 2.45) is 5.73 Å². The smallest absolute Gasteiger partial charge is 0.237 e. The van der Waals surface area contributed by atoms with Crippen LogP contribution in [0.4, 0.5) is 5.69 Å². The molecule has 1 aromatic carbocycles. The van der Waals surface area contributed by atoms with E-state index >= 15 is 0 Å². The number of anilines is 1. The number of aliphatic hydroxyl groups is 1. The van der Waals surface area contributed by atoms with Crippen molar-refractivity contribution in [3.63, 3.8) is 0 Å². The summed E-state index contributed by atoms with van der Waals surface area (Å²) < 4.78 is 1.51. The Bertz CT molecular complexity index is 713. The normalized spacial score (nSPS) is 10.6. The maximum atomic E-state index is 12.0. The average Bonchev–Trinajstić information content (AvgIpc) is 2.95. The molecule has 0 spiro atoms. The Balaban J connectivity index is 1.95. The lowest BCUT2D eigenvalue weighted by Gasteiger charge is -2.09. The molecule has 0 saturated heterocycles. The number of hydrogen-bond acceptors (Lipinski definition) is 5. The van der Waals surface area contributed by atoms with Crippen LogP contribution >= 0.6 is 11.8 Å². The first-order valence-electron chi connectivity index (χ1n) is 7.48. The van der Waals surface area contributed by atoms with Gasteiger partial charge in [0, 0.05) is 5.69 Å². The number of aryl methyl sites for hydroxylation is 1. The van der Waals surface area contributed by atoms with Crippen LogP contribution in [0, 0.1) is 0 Å². The third kappa shape index (κ3) is 4.84. The predicted octanol–water partition coefficient (Wildman–Crippen LogP) is 1.15. The van der Waals surface area contributed by atoms with E-state index < -0.39 is 5.91 Å². The highest BCUT2D eigenvalue weighted by Crippen LogP contribution is 2.19. The van der Waals surface area contributed by atoms with Gasteiger partial charge in [0.15, 0.2) is 5.16 Å². The molecule has 2 amide bonds. The molecule has 2 rings (SSSR count). The number of benzene rings is 1. The number of nitrogens with zero attached hydrogens (tertiary/aromatic N) is 2. The van der Waals surface area contributed by atoms with Crippen LogP contribution in [-0.2, 0) is 29.2 Å². The quantitative estimate of drug-likeness (QED) is 0.620. The van der Waals surface area contributed by atoms with Crippen molar-refractivity contribution in [1.82, 2.24) is 9.55 Å². The first kappa shape index (κ1) is 18.0. The number of rotatable bonds is 8. The van der Waals surface area contributed by atoms with Crippen LogP contribution in [0.3, 0.4) is 0 Å². The van der Waals surface area contributed by atoms with Crippen LogP contribution in [0.2, 0.25) is 0 Å². The summed E-state index contributed by atoms with van der Waals surface area (Å²) in [5, 5.41) is 12.5. The van der Waals surface area contributed by atoms with Gasteiger partial charge in [-0.2, -0.15) is 0 Å². The first-order valence-corrected chi connectivity index (χ1v) is 8.47. The number of aromatic nitrogens is 2. The summed E-state index contributed by atoms with van der Waals surface area (Å²) in [5.41, 5.74) is 7.61. The van der Waals surface area contributed by atoms with Crippen LogP contribution in [-0.4, -0.2) is 32.2 Å². The molecule has 0 bridgehead atoms. The largest absolute Gasteiger partial charge is 0.390 e. The minimum absolute atomic E-state index is 0.0850. The Kier molecular flexibility index (Phi) is 6.39. The van der Waals surface area contributed by atoms with Crippen molar-refractivity contribution in [3.8, 4) is 0 Å². The van der Waals surface area contributed by atoms with Crippen LogP contribution < -0.4 is 11.1 Å². The molecule has 0 fully saturated rings. The Morgan fingerprint density at radius 1 is 1.33 bits per heavy atom. The lowest BCUT2D eigenvalue weighted by molar-refractivity contribution is -0.118. The molecule has 8 heteroatoms. The van der Waals surface area contributed by atoms with Crippen molar-refractivity contribution in [1.29, 1.82) is 0 Å². The number of nitrogens with one attached hydrogen (secondary N) is 1. The maximum Gasteiger partial charge on any atom is 0.237 e. The van der Waals surface area contributed by atoms with Crippen LogP contribution in [0.1, 0.15) is 18.2 Å². The molecule has 0 aliphatic rings. The molecule has 0 radical (unpaired) electrons. The Labute approximate surface area is 144 Å². The zero-order valence-corrected chi connectivity index (χ0v) is 14.2. The number of imidazole rings is 1. The highest BCUT2D eigenvalue weighted by atomic mass is 32.2. The molecule has 0 aliphatic heterocycles. The van der Waals surface area contributed by atoms with E-state index in [4.69, 9.17) is 5.73 Å². The zero-order valence-electron chi connectivity index (χ0n) is 13.4. The standard InChI is InChI=1S/C16H20N4O3S/c1-2-11-3-5-12(6-4-11)19-15(23)10-24-16-18-7-13(9-21)20(16)8-14(17)22/h3-7,21H,2,8-10H2,1H3,(H2,17,22)(H,19,23). The van der Waals surface area contributed by atoms with E-state index in [0.29, 0.717) is 10.9 Å². The zero-order chi connectivity index (χ0) is 17.5. The fourth-order valence-corrected chi connectivity index (χ4v) is 2.91. The highest BCUT2D eigenvalue weighted by molar-refractivity contribution is 7.99. The number of carbonyl (C=O) groups excluding carboxylic acids is 2. The number of aliphatic hydroxyl groups excluding tert-OH is 1. The first-order chi connectivity index (χ1) is 11.5. The summed E-state index contributed by atoms with van der Waals surface area (Å²) in [7, 11) is 0. The van der Waals surface area contributed by atoms with Gasteiger partial charge in [0.05, 0.1) is 24.3 Å². The number of primary amides is 1. The van der Waals surface area contributed by atoms with Gasteiger partial charge in [-0.25, -0.2) is 4.98 Å². The number of nitrogens with two attached hydrogens (primary N) is 1. The summed E-state index contributed by atoms with van der Waals surface area (Å²) in [6.07, 6.45) is 2.41. The fraction of sp³-hybridized carbons (Fsp3) is 0.312. The van der Waals surface area contributed by atoms with Gasteiger partial charge >= 0.3 is 0 Å². The lowest BCUT2D eigenvalue weighted by atomic mass is 10.1. The molecule has 4 N–H and O–H groups in total. The SMILES string of the molecule is CCc1ccc(NC(=O)CSc2ncc(CO)n2CC(N)=O)cc1. The minimum Gasteiger partial charge on any atom is -0.390 e. The Hall–Kier alpha value is -2.32. The monoisotopic (exact) mass is 348 g/mol. The number of hydrogen-bond donors (Lipinski definition) is 3. The molecule has 24 heavy (non-hydrogen) atoms. The number of amides is 2. The van der Waals surface area contributed by atoms with Gasteiger partial charge < -0.3 is 20.7 Å². The van der Waals surface area contributed by atoms with Crippen LogP contribution in [0.15, 0.2) is 35.6 Å². The molecule has 0 atom stereocenters. The van der Waals surface area contributed by atoms with E-state index in [0.717, 1.165) is 12.1 Å². The van der Waals surface area contributed by atoms with Gasteiger partial charge in [-0.1, -0.05) is 30.8 Å². The molecule has 0 aliphatic carbocycles. The number of thioether (sulfide) groups is 1. The molecule has 1 heterocycles. The van der Waals surface area contributed by atoms with E-state index in [1.165, 1.54) is 28.1 Å². The molecule has 2 aromatic rings. The van der Waals surface area contributed by atoms with E-state index in [9.17, 15) is 14.7 Å². The Morgan fingerprint density at radius 3 is 2.62 bits per heavy atom. The summed E-state index contributed by atoms with van der Waals surface area (Å²) in [6, 6.07) is 7.66. The maximum absolute atomic E-state index is 12.0. The van der Waals surface area contributed by atoms with Gasteiger partial charge in [0.1, 0.15) is 6.54 Å². The molecule has 7 nitrogen and oxygen atoms in total. The van der Waals surface area contributed by atoms with Crippen molar-refractivity contribution in [2.45, 2.75) is 31.7 Å². The van der Waals surface area contributed by atoms with Crippen molar-refractivity contribution in [2.75, 3.05) is 11.1 Å². The lowest BCUT2D eigenvalue weighted by Crippen LogP contribution is -2.21. The van der Waals surface area contributed by atoms with Gasteiger partial charge in [-0.15, -0.1) is 0 Å². The average molecular weight is 348 g/mol. The molecule has 0 saturated carbocycles.